The summed E-state index contributed by atoms with van der Waals surface area (Å²) in [5, 5.41) is 0. The minimum atomic E-state index is -1.65. The monoisotopic (exact) mass is 250 g/mol. The normalized spacial score (nSPS) is 18.8. The van der Waals surface area contributed by atoms with Gasteiger partial charge in [0.15, 0.2) is 5.70 Å². The molecule has 0 saturated heterocycles. The number of ether oxygens (including phenoxy) is 1. The van der Waals surface area contributed by atoms with E-state index in [1.54, 1.807) is 0 Å². The largest absolute Gasteiger partial charge is 0.567 e. The molecule has 1 aromatic carbocycles. The summed E-state index contributed by atoms with van der Waals surface area (Å²) in [6, 6.07) is 9.20. The smallest absolute Gasteiger partial charge is 0.358 e. The summed E-state index contributed by atoms with van der Waals surface area (Å²) in [7, 11) is 1.27. The van der Waals surface area contributed by atoms with Gasteiger partial charge in [-0.3, -0.25) is 0 Å². The Labute approximate surface area is 102 Å². The molecule has 0 aliphatic carbocycles. The van der Waals surface area contributed by atoms with Crippen LogP contribution in [0.5, 0.6) is 0 Å². The molecule has 0 amide bonds. The van der Waals surface area contributed by atoms with Crippen molar-refractivity contribution in [2.45, 2.75) is 0 Å². The Morgan fingerprint density at radius 2 is 2.12 bits per heavy atom. The van der Waals surface area contributed by atoms with Gasteiger partial charge in [-0.1, -0.05) is 30.3 Å². The molecule has 1 aromatic rings. The average molecular weight is 250 g/mol. The first kappa shape index (κ1) is 11.7. The van der Waals surface area contributed by atoms with Gasteiger partial charge in [-0.05, 0) is 4.40 Å². The predicted molar refractivity (Wildman–Crippen MR) is 64.4 cm³/mol. The number of methoxy groups -OCH3 is 1. The van der Waals surface area contributed by atoms with Crippen LogP contribution in [0, 0.1) is 0 Å². The van der Waals surface area contributed by atoms with E-state index >= 15 is 0 Å². The highest BCUT2D eigenvalue weighted by Gasteiger charge is 2.23. The summed E-state index contributed by atoms with van der Waals surface area (Å²) >= 11 is -1.65. The fourth-order valence-electron chi connectivity index (χ4n) is 1.35. The number of rotatable bonds is 2. The third-order valence-corrected chi connectivity index (χ3v) is 2.89. The molecule has 17 heavy (non-hydrogen) atoms. The minimum Gasteiger partial charge on any atom is -0.567 e. The van der Waals surface area contributed by atoms with Gasteiger partial charge in [-0.15, -0.1) is 0 Å². The van der Waals surface area contributed by atoms with Crippen molar-refractivity contribution in [1.82, 2.24) is 4.72 Å². The van der Waals surface area contributed by atoms with Crippen LogP contribution in [0.25, 0.3) is 0 Å². The van der Waals surface area contributed by atoms with Crippen LogP contribution < -0.4 is 4.72 Å². The molecular formula is C11H10N2O3S. The van der Waals surface area contributed by atoms with E-state index in [1.165, 1.54) is 13.2 Å². The number of carbonyl (C=O) groups excluding carboxylic acids is 1. The van der Waals surface area contributed by atoms with E-state index in [4.69, 9.17) is 0 Å². The first-order chi connectivity index (χ1) is 8.20. The third kappa shape index (κ3) is 2.66. The molecule has 88 valence electrons. The minimum absolute atomic E-state index is 0.139. The first-order valence-corrected chi connectivity index (χ1v) is 5.94. The van der Waals surface area contributed by atoms with Crippen LogP contribution in [-0.4, -0.2) is 23.3 Å². The zero-order chi connectivity index (χ0) is 12.3. The molecule has 0 radical (unpaired) electrons. The fraction of sp³-hybridized carbons (Fsp3) is 0.0909. The highest BCUT2D eigenvalue weighted by Crippen LogP contribution is 2.12. The number of esters is 1. The van der Waals surface area contributed by atoms with Gasteiger partial charge in [0, 0.05) is 11.6 Å². The molecule has 1 unspecified atom stereocenters. The van der Waals surface area contributed by atoms with Crippen molar-refractivity contribution >= 4 is 23.2 Å². The maximum Gasteiger partial charge on any atom is 0.358 e. The molecule has 5 nitrogen and oxygen atoms in total. The Balaban J connectivity index is 2.34. The van der Waals surface area contributed by atoms with Gasteiger partial charge in [0.05, 0.1) is 7.11 Å². The Bertz CT molecular complexity index is 485. The highest BCUT2D eigenvalue weighted by molar-refractivity contribution is 7.88. The molecule has 2 rings (SSSR count). The highest BCUT2D eigenvalue weighted by atomic mass is 32.2. The van der Waals surface area contributed by atoms with E-state index in [9.17, 15) is 9.35 Å². The Morgan fingerprint density at radius 3 is 2.76 bits per heavy atom. The van der Waals surface area contributed by atoms with Crippen LogP contribution in [0.15, 0.2) is 46.5 Å². The number of hydrogen-bond donors (Lipinski definition) is 1. The first-order valence-electron chi connectivity index (χ1n) is 4.83. The summed E-state index contributed by atoms with van der Waals surface area (Å²) in [6.07, 6.45) is 1.52. The standard InChI is InChI=1S/C11H10N2O3S/c1-16-11(14)10-7-9(12-17(15)13-10)8-5-3-2-4-6-8/h2-7,13H,1H3. The van der Waals surface area contributed by atoms with Crippen molar-refractivity contribution in [1.29, 1.82) is 0 Å². The van der Waals surface area contributed by atoms with E-state index in [2.05, 4.69) is 13.9 Å². The lowest BCUT2D eigenvalue weighted by atomic mass is 10.1. The zero-order valence-corrected chi connectivity index (χ0v) is 9.86. The van der Waals surface area contributed by atoms with E-state index < -0.39 is 17.5 Å². The number of allylic oxidation sites excluding steroid dienone is 1. The molecule has 0 fully saturated rings. The number of carbonyl (C=O) groups is 1. The van der Waals surface area contributed by atoms with Crippen LogP contribution in [0.1, 0.15) is 5.56 Å². The van der Waals surface area contributed by atoms with Crippen molar-refractivity contribution in [2.24, 2.45) is 4.40 Å². The summed E-state index contributed by atoms with van der Waals surface area (Å²) < 4.78 is 22.4. The van der Waals surface area contributed by atoms with Gasteiger partial charge >= 0.3 is 5.97 Å². The Morgan fingerprint density at radius 1 is 1.41 bits per heavy atom. The van der Waals surface area contributed by atoms with Crippen LogP contribution in [0.3, 0.4) is 0 Å². The predicted octanol–water partition coefficient (Wildman–Crippen LogP) is 0.714. The molecule has 6 heteroatoms. The molecule has 1 atom stereocenters. The number of nitrogens with one attached hydrogen (secondary N) is 1. The van der Waals surface area contributed by atoms with Gasteiger partial charge in [-0.2, -0.15) is 4.72 Å². The average Bonchev–Trinajstić information content (AvgIpc) is 2.38. The molecule has 1 aliphatic rings. The van der Waals surface area contributed by atoms with E-state index in [1.807, 2.05) is 30.3 Å². The summed E-state index contributed by atoms with van der Waals surface area (Å²) in [5.41, 5.74) is 1.42. The maximum atomic E-state index is 11.4. The summed E-state index contributed by atoms with van der Waals surface area (Å²) in [5.74, 6) is -0.568. The van der Waals surface area contributed by atoms with Crippen LogP contribution in [0.4, 0.5) is 0 Å². The van der Waals surface area contributed by atoms with Crippen molar-refractivity contribution in [2.75, 3.05) is 7.11 Å². The van der Waals surface area contributed by atoms with Gasteiger partial charge in [0.1, 0.15) is 5.71 Å². The van der Waals surface area contributed by atoms with E-state index in [0.717, 1.165) is 5.56 Å². The van der Waals surface area contributed by atoms with Crippen molar-refractivity contribution < 1.29 is 14.1 Å². The van der Waals surface area contributed by atoms with Gasteiger partial charge in [-0.25, -0.2) is 4.79 Å². The second-order valence-corrected chi connectivity index (χ2v) is 4.13. The van der Waals surface area contributed by atoms with Crippen molar-refractivity contribution in [3.8, 4) is 0 Å². The van der Waals surface area contributed by atoms with Gasteiger partial charge < -0.3 is 9.29 Å². The molecule has 1 aliphatic heterocycles. The second kappa shape index (κ2) is 5.03. The Kier molecular flexibility index (Phi) is 3.46. The molecule has 0 bridgehead atoms. The van der Waals surface area contributed by atoms with E-state index in [-0.39, 0.29) is 5.70 Å². The summed E-state index contributed by atoms with van der Waals surface area (Å²) in [4.78, 5) is 11.3. The SMILES string of the molecule is COC(=O)C1=CC(c2ccccc2)=N[S+]([O-])N1. The number of hydrogen-bond acceptors (Lipinski definition) is 5. The molecule has 0 aromatic heterocycles. The fourth-order valence-corrected chi connectivity index (χ4v) is 2.07. The third-order valence-electron chi connectivity index (χ3n) is 2.13. The lowest BCUT2D eigenvalue weighted by Gasteiger charge is -2.13. The van der Waals surface area contributed by atoms with Crippen LogP contribution in [-0.2, 0) is 21.1 Å². The van der Waals surface area contributed by atoms with Crippen LogP contribution >= 0.6 is 0 Å². The van der Waals surface area contributed by atoms with Crippen molar-refractivity contribution in [3.05, 3.63) is 47.7 Å². The lowest BCUT2D eigenvalue weighted by Crippen LogP contribution is -2.31. The zero-order valence-electron chi connectivity index (χ0n) is 9.04. The Hall–Kier alpha value is -1.79. The molecule has 1 N–H and O–H groups in total. The number of benzene rings is 1. The molecule has 1 heterocycles. The second-order valence-electron chi connectivity index (χ2n) is 3.24. The molecule has 0 spiro atoms. The van der Waals surface area contributed by atoms with Crippen LogP contribution in [0.2, 0.25) is 0 Å². The lowest BCUT2D eigenvalue weighted by molar-refractivity contribution is -0.136. The summed E-state index contributed by atoms with van der Waals surface area (Å²) in [6.45, 7) is 0. The molecular weight excluding hydrogens is 240 g/mol. The topological polar surface area (TPSA) is 73.8 Å². The maximum absolute atomic E-state index is 11.4. The van der Waals surface area contributed by atoms with E-state index in [0.29, 0.717) is 5.71 Å². The van der Waals surface area contributed by atoms with Crippen molar-refractivity contribution in [3.63, 3.8) is 0 Å². The quantitative estimate of drug-likeness (QED) is 0.620. The molecule has 0 saturated carbocycles. The number of nitrogens with zero attached hydrogens (tertiary/aromatic N) is 1. The van der Waals surface area contributed by atoms with Gasteiger partial charge in [0.25, 0.3) is 0 Å². The van der Waals surface area contributed by atoms with Gasteiger partial charge in [0.2, 0.25) is 11.5 Å².